The lowest BCUT2D eigenvalue weighted by Gasteiger charge is -2.26. The van der Waals surface area contributed by atoms with Gasteiger partial charge in [0.2, 0.25) is 0 Å². The molecule has 2 atom stereocenters. The fourth-order valence-corrected chi connectivity index (χ4v) is 2.81. The highest BCUT2D eigenvalue weighted by atomic mass is 16.6. The number of methoxy groups -OCH3 is 2. The molecule has 0 unspecified atom stereocenters. The molecule has 29 heavy (non-hydrogen) atoms. The third-order valence-corrected chi connectivity index (χ3v) is 4.36. The quantitative estimate of drug-likeness (QED) is 0.551. The lowest BCUT2D eigenvalue weighted by Crippen LogP contribution is -2.28. The predicted octanol–water partition coefficient (Wildman–Crippen LogP) is 3.29. The second-order valence-electron chi connectivity index (χ2n) is 6.30. The normalized spacial score (nSPS) is 12.7. The number of benzene rings is 2. The summed E-state index contributed by atoms with van der Waals surface area (Å²) in [6.07, 6.45) is -2.06. The second kappa shape index (κ2) is 10.4. The van der Waals surface area contributed by atoms with Gasteiger partial charge in [0.15, 0.2) is 23.4 Å². The molecule has 0 fully saturated rings. The van der Waals surface area contributed by atoms with Crippen LogP contribution in [0.1, 0.15) is 35.4 Å². The van der Waals surface area contributed by atoms with Crippen LogP contribution >= 0.6 is 0 Å². The number of hydrogen-bond donors (Lipinski definition) is 3. The molecular weight excluding hydrogens is 378 g/mol. The summed E-state index contributed by atoms with van der Waals surface area (Å²) in [4.78, 5) is 23.8. The van der Waals surface area contributed by atoms with Crippen LogP contribution in [-0.4, -0.2) is 49.0 Å². The minimum Gasteiger partial charge on any atom is -0.504 e. The van der Waals surface area contributed by atoms with Crippen molar-refractivity contribution < 1.29 is 34.0 Å². The molecule has 0 heterocycles. The van der Waals surface area contributed by atoms with E-state index in [4.69, 9.17) is 14.2 Å². The molecule has 2 aromatic rings. The summed E-state index contributed by atoms with van der Waals surface area (Å²) >= 11 is 0. The van der Waals surface area contributed by atoms with Crippen LogP contribution in [0.15, 0.2) is 42.5 Å². The minimum absolute atomic E-state index is 0.0783. The highest BCUT2D eigenvalue weighted by molar-refractivity contribution is 5.95. The summed E-state index contributed by atoms with van der Waals surface area (Å²) in [5.41, 5.74) is 1.45. The van der Waals surface area contributed by atoms with Crippen LogP contribution in [0, 0.1) is 0 Å². The van der Waals surface area contributed by atoms with Crippen molar-refractivity contribution in [2.75, 3.05) is 26.1 Å². The standard InChI is InChI=1S/C21H25NO7/c1-13(24)14-4-7-16(8-5-14)22-21(26)29-20(19(28-3)10-11-23)15-6-9-18(27-2)17(25)12-15/h4-9,12,19-20,23,25H,10-11H2,1-3H3,(H,22,26)/t19-,20-/m0/s1. The van der Waals surface area contributed by atoms with Gasteiger partial charge in [0, 0.05) is 31.4 Å². The van der Waals surface area contributed by atoms with Crippen molar-refractivity contribution in [1.29, 1.82) is 0 Å². The number of nitrogens with one attached hydrogen (secondary N) is 1. The maximum absolute atomic E-state index is 12.4. The molecule has 1 amide bonds. The first-order valence-corrected chi connectivity index (χ1v) is 8.98. The van der Waals surface area contributed by atoms with Gasteiger partial charge >= 0.3 is 6.09 Å². The Kier molecular flexibility index (Phi) is 7.99. The van der Waals surface area contributed by atoms with Crippen molar-refractivity contribution in [2.24, 2.45) is 0 Å². The van der Waals surface area contributed by atoms with Crippen molar-refractivity contribution in [3.8, 4) is 11.5 Å². The van der Waals surface area contributed by atoms with E-state index >= 15 is 0 Å². The Labute approximate surface area is 169 Å². The average Bonchev–Trinajstić information content (AvgIpc) is 2.71. The molecule has 0 radical (unpaired) electrons. The zero-order valence-electron chi connectivity index (χ0n) is 16.5. The molecule has 0 aliphatic rings. The number of hydrogen-bond acceptors (Lipinski definition) is 7. The van der Waals surface area contributed by atoms with Crippen LogP contribution < -0.4 is 10.1 Å². The first-order chi connectivity index (χ1) is 13.9. The number of carbonyl (C=O) groups is 2. The van der Waals surface area contributed by atoms with Crippen LogP contribution in [0.5, 0.6) is 11.5 Å². The van der Waals surface area contributed by atoms with Crippen LogP contribution in [-0.2, 0) is 9.47 Å². The molecule has 0 spiro atoms. The maximum atomic E-state index is 12.4. The number of ketones is 1. The predicted molar refractivity (Wildman–Crippen MR) is 106 cm³/mol. The fourth-order valence-electron chi connectivity index (χ4n) is 2.81. The lowest BCUT2D eigenvalue weighted by molar-refractivity contribution is -0.0306. The molecule has 8 nitrogen and oxygen atoms in total. The second-order valence-corrected chi connectivity index (χ2v) is 6.30. The van der Waals surface area contributed by atoms with E-state index < -0.39 is 18.3 Å². The fraction of sp³-hybridized carbons (Fsp3) is 0.333. The Morgan fingerprint density at radius 2 is 1.79 bits per heavy atom. The number of aliphatic hydroxyl groups excluding tert-OH is 1. The highest BCUT2D eigenvalue weighted by Gasteiger charge is 2.28. The molecule has 0 aliphatic carbocycles. The van der Waals surface area contributed by atoms with Crippen molar-refractivity contribution in [2.45, 2.75) is 25.6 Å². The zero-order chi connectivity index (χ0) is 21.4. The number of ether oxygens (including phenoxy) is 3. The van der Waals surface area contributed by atoms with Gasteiger partial charge in [0.25, 0.3) is 0 Å². The smallest absolute Gasteiger partial charge is 0.412 e. The van der Waals surface area contributed by atoms with E-state index in [9.17, 15) is 19.8 Å². The summed E-state index contributed by atoms with van der Waals surface area (Å²) in [5.74, 6) is 0.0850. The Hall–Kier alpha value is -3.10. The van der Waals surface area contributed by atoms with Crippen LogP contribution in [0.2, 0.25) is 0 Å². The van der Waals surface area contributed by atoms with Crippen LogP contribution in [0.25, 0.3) is 0 Å². The Morgan fingerprint density at radius 3 is 2.31 bits per heavy atom. The van der Waals surface area contributed by atoms with E-state index in [0.29, 0.717) is 16.8 Å². The first-order valence-electron chi connectivity index (χ1n) is 8.98. The van der Waals surface area contributed by atoms with E-state index in [1.54, 1.807) is 36.4 Å². The summed E-state index contributed by atoms with van der Waals surface area (Å²) in [6.45, 7) is 1.28. The summed E-state index contributed by atoms with van der Waals surface area (Å²) in [7, 11) is 2.87. The van der Waals surface area contributed by atoms with Gasteiger partial charge in [-0.15, -0.1) is 0 Å². The van der Waals surface area contributed by atoms with Crippen LogP contribution in [0.3, 0.4) is 0 Å². The SMILES string of the molecule is COc1ccc([C@H](OC(=O)Nc2ccc(C(C)=O)cc2)[C@H](CCO)OC)cc1O. The average molecular weight is 403 g/mol. The molecule has 8 heteroatoms. The number of rotatable bonds is 9. The highest BCUT2D eigenvalue weighted by Crippen LogP contribution is 2.33. The number of phenols is 1. The number of carbonyl (C=O) groups excluding carboxylic acids is 2. The van der Waals surface area contributed by atoms with E-state index in [0.717, 1.165) is 0 Å². The van der Waals surface area contributed by atoms with Crippen molar-refractivity contribution in [1.82, 2.24) is 0 Å². The largest absolute Gasteiger partial charge is 0.504 e. The lowest BCUT2D eigenvalue weighted by atomic mass is 10.0. The number of Topliss-reactive ketones (excluding diaryl/α,β-unsaturated/α-hetero) is 1. The van der Waals surface area contributed by atoms with Crippen molar-refractivity contribution >= 4 is 17.6 Å². The molecule has 156 valence electrons. The van der Waals surface area contributed by atoms with Gasteiger partial charge in [-0.05, 0) is 48.9 Å². The van der Waals surface area contributed by atoms with E-state index in [1.165, 1.54) is 27.2 Å². The molecule has 0 bridgehead atoms. The topological polar surface area (TPSA) is 114 Å². The van der Waals surface area contributed by atoms with E-state index in [2.05, 4.69) is 5.32 Å². The van der Waals surface area contributed by atoms with E-state index in [1.807, 2.05) is 0 Å². The molecule has 2 aromatic carbocycles. The molecular formula is C21H25NO7. The number of aromatic hydroxyl groups is 1. The summed E-state index contributed by atoms with van der Waals surface area (Å²) in [6, 6.07) is 11.0. The summed E-state index contributed by atoms with van der Waals surface area (Å²) < 4.78 is 16.0. The Bertz CT molecular complexity index is 835. The van der Waals surface area contributed by atoms with Crippen molar-refractivity contribution in [3.63, 3.8) is 0 Å². The Morgan fingerprint density at radius 1 is 1.10 bits per heavy atom. The molecule has 2 rings (SSSR count). The third-order valence-electron chi connectivity index (χ3n) is 4.36. The van der Waals surface area contributed by atoms with Gasteiger partial charge in [-0.1, -0.05) is 6.07 Å². The minimum atomic E-state index is -0.888. The number of phenolic OH excluding ortho intramolecular Hbond substituents is 1. The zero-order valence-corrected chi connectivity index (χ0v) is 16.5. The molecule has 3 N–H and O–H groups in total. The molecule has 0 saturated carbocycles. The monoisotopic (exact) mass is 403 g/mol. The number of anilines is 1. The van der Waals surface area contributed by atoms with Gasteiger partial charge in [0.05, 0.1) is 7.11 Å². The third kappa shape index (κ3) is 5.94. The Balaban J connectivity index is 2.21. The van der Waals surface area contributed by atoms with Crippen LogP contribution in [0.4, 0.5) is 10.5 Å². The molecule has 0 aromatic heterocycles. The van der Waals surface area contributed by atoms with E-state index in [-0.39, 0.29) is 30.3 Å². The van der Waals surface area contributed by atoms with Gasteiger partial charge in [0.1, 0.15) is 6.10 Å². The van der Waals surface area contributed by atoms with Gasteiger partial charge < -0.3 is 24.4 Å². The number of aliphatic hydroxyl groups is 1. The summed E-state index contributed by atoms with van der Waals surface area (Å²) in [5, 5.41) is 22.0. The van der Waals surface area contributed by atoms with Gasteiger partial charge in [-0.25, -0.2) is 4.79 Å². The first kappa shape index (κ1) is 22.2. The van der Waals surface area contributed by atoms with Gasteiger partial charge in [-0.3, -0.25) is 10.1 Å². The van der Waals surface area contributed by atoms with Crippen molar-refractivity contribution in [3.05, 3.63) is 53.6 Å². The molecule has 0 aliphatic heterocycles. The molecule has 0 saturated heterocycles. The number of amides is 1. The maximum Gasteiger partial charge on any atom is 0.412 e. The van der Waals surface area contributed by atoms with Gasteiger partial charge in [-0.2, -0.15) is 0 Å².